The minimum absolute atomic E-state index is 0.174. The van der Waals surface area contributed by atoms with Gasteiger partial charge in [-0.25, -0.2) is 4.39 Å². The van der Waals surface area contributed by atoms with Crippen molar-refractivity contribution in [3.63, 3.8) is 0 Å². The highest BCUT2D eigenvalue weighted by Gasteiger charge is 2.21. The topological polar surface area (TPSA) is 12.0 Å². The molecule has 0 fully saturated rings. The van der Waals surface area contributed by atoms with Crippen molar-refractivity contribution in [1.82, 2.24) is 5.32 Å². The third kappa shape index (κ3) is 4.27. The van der Waals surface area contributed by atoms with Crippen LogP contribution in [-0.2, 0) is 0 Å². The second kappa shape index (κ2) is 8.04. The molecule has 1 N–H and O–H groups in total. The molecule has 2 aromatic rings. The number of benzene rings is 2. The summed E-state index contributed by atoms with van der Waals surface area (Å²) in [4.78, 5) is 0. The molecule has 1 nitrogen and oxygen atoms in total. The quantitative estimate of drug-likeness (QED) is 0.468. The lowest BCUT2D eigenvalue weighted by Gasteiger charge is -2.22. The fourth-order valence-electron chi connectivity index (χ4n) is 2.16. The van der Waals surface area contributed by atoms with Crippen molar-refractivity contribution < 1.29 is 4.39 Å². The molecule has 0 aliphatic carbocycles. The third-order valence-electron chi connectivity index (χ3n) is 3.16. The molecule has 112 valence electrons. The normalized spacial score (nSPS) is 12.4. The van der Waals surface area contributed by atoms with Gasteiger partial charge in [-0.15, -0.1) is 0 Å². The summed E-state index contributed by atoms with van der Waals surface area (Å²) in [6.07, 6.45) is 0.994. The zero-order valence-electron chi connectivity index (χ0n) is 11.5. The molecule has 2 rings (SSSR count). The third-order valence-corrected chi connectivity index (χ3v) is 5.17. The maximum atomic E-state index is 14.5. The van der Waals surface area contributed by atoms with Crippen LogP contribution in [0.4, 0.5) is 4.39 Å². The molecular weight excluding hydrogens is 512 g/mol. The Morgan fingerprint density at radius 1 is 1.14 bits per heavy atom. The Bertz CT molecular complexity index is 632. The largest absolute Gasteiger partial charge is 0.306 e. The zero-order valence-corrected chi connectivity index (χ0v) is 16.8. The molecule has 0 spiro atoms. The summed E-state index contributed by atoms with van der Waals surface area (Å²) in [6.45, 7) is 2.93. The standard InChI is InChI=1S/C16H15Br2FIN/c1-2-8-21-16(11-4-3-5-14(18)15(11)19)12-9-10(20)6-7-13(12)17/h3-7,9,16,21H,2,8H2,1H3. The molecule has 0 amide bonds. The van der Waals surface area contributed by atoms with Crippen molar-refractivity contribution in [2.45, 2.75) is 19.4 Å². The maximum absolute atomic E-state index is 14.5. The summed E-state index contributed by atoms with van der Waals surface area (Å²) in [5.41, 5.74) is 1.70. The summed E-state index contributed by atoms with van der Waals surface area (Å²) in [6, 6.07) is 11.4. The second-order valence-electron chi connectivity index (χ2n) is 4.70. The number of nitrogens with one attached hydrogen (secondary N) is 1. The first-order chi connectivity index (χ1) is 10.0. The van der Waals surface area contributed by atoms with Crippen LogP contribution in [0.2, 0.25) is 0 Å². The summed E-state index contributed by atoms with van der Waals surface area (Å²) in [5.74, 6) is -0.211. The van der Waals surface area contributed by atoms with Crippen LogP contribution in [0.25, 0.3) is 0 Å². The lowest BCUT2D eigenvalue weighted by atomic mass is 9.98. The van der Waals surface area contributed by atoms with Gasteiger partial charge in [0.2, 0.25) is 0 Å². The average molecular weight is 527 g/mol. The van der Waals surface area contributed by atoms with Crippen LogP contribution in [0.1, 0.15) is 30.5 Å². The first kappa shape index (κ1) is 17.4. The molecule has 0 radical (unpaired) electrons. The van der Waals surface area contributed by atoms with E-state index in [0.717, 1.165) is 26.6 Å². The van der Waals surface area contributed by atoms with Crippen LogP contribution in [0, 0.1) is 9.39 Å². The van der Waals surface area contributed by atoms with E-state index in [0.29, 0.717) is 10.0 Å². The van der Waals surface area contributed by atoms with Crippen LogP contribution < -0.4 is 5.32 Å². The van der Waals surface area contributed by atoms with Crippen LogP contribution in [-0.4, -0.2) is 6.54 Å². The van der Waals surface area contributed by atoms with Crippen LogP contribution in [0.3, 0.4) is 0 Å². The molecule has 0 saturated heterocycles. The van der Waals surface area contributed by atoms with E-state index in [-0.39, 0.29) is 11.9 Å². The Balaban J connectivity index is 2.52. The van der Waals surface area contributed by atoms with E-state index in [1.54, 1.807) is 6.07 Å². The predicted molar refractivity (Wildman–Crippen MR) is 101 cm³/mol. The number of hydrogen-bond donors (Lipinski definition) is 1. The van der Waals surface area contributed by atoms with Gasteiger partial charge in [0.05, 0.1) is 10.5 Å². The summed E-state index contributed by atoms with van der Waals surface area (Å²) < 4.78 is 17.1. The van der Waals surface area contributed by atoms with Gasteiger partial charge in [0.25, 0.3) is 0 Å². The first-order valence-corrected chi connectivity index (χ1v) is 9.33. The van der Waals surface area contributed by atoms with Crippen molar-refractivity contribution >= 4 is 54.5 Å². The fourth-order valence-corrected chi connectivity index (χ4v) is 3.53. The molecule has 1 atom stereocenters. The molecular formula is C16H15Br2FIN. The van der Waals surface area contributed by atoms with E-state index in [4.69, 9.17) is 0 Å². The van der Waals surface area contributed by atoms with E-state index >= 15 is 0 Å². The van der Waals surface area contributed by atoms with Gasteiger partial charge in [-0.2, -0.15) is 0 Å². The molecule has 0 aromatic heterocycles. The van der Waals surface area contributed by atoms with E-state index in [2.05, 4.69) is 72.8 Å². The molecule has 0 aliphatic heterocycles. The summed E-state index contributed by atoms with van der Waals surface area (Å²) in [7, 11) is 0. The maximum Gasteiger partial charge on any atom is 0.142 e. The number of rotatable bonds is 5. The molecule has 21 heavy (non-hydrogen) atoms. The predicted octanol–water partition coefficient (Wildman–Crippen LogP) is 6.04. The van der Waals surface area contributed by atoms with Gasteiger partial charge in [-0.3, -0.25) is 0 Å². The van der Waals surface area contributed by atoms with Gasteiger partial charge in [0.1, 0.15) is 5.82 Å². The van der Waals surface area contributed by atoms with Gasteiger partial charge in [-0.1, -0.05) is 35.0 Å². The Kier molecular flexibility index (Phi) is 6.65. The molecule has 0 saturated carbocycles. The number of halogens is 4. The lowest BCUT2D eigenvalue weighted by Crippen LogP contribution is -2.24. The van der Waals surface area contributed by atoms with Gasteiger partial charge in [0, 0.05) is 13.6 Å². The fraction of sp³-hybridized carbons (Fsp3) is 0.250. The van der Waals surface area contributed by atoms with Gasteiger partial charge < -0.3 is 5.32 Å². The van der Waals surface area contributed by atoms with Crippen LogP contribution in [0.15, 0.2) is 45.3 Å². The highest BCUT2D eigenvalue weighted by atomic mass is 127. The zero-order chi connectivity index (χ0) is 15.4. The van der Waals surface area contributed by atoms with E-state index in [1.165, 1.54) is 0 Å². The van der Waals surface area contributed by atoms with Crippen LogP contribution >= 0.6 is 54.5 Å². The highest BCUT2D eigenvalue weighted by Crippen LogP contribution is 2.33. The Morgan fingerprint density at radius 3 is 2.62 bits per heavy atom. The molecule has 2 aromatic carbocycles. The summed E-state index contributed by atoms with van der Waals surface area (Å²) >= 11 is 9.13. The number of hydrogen-bond acceptors (Lipinski definition) is 1. The minimum atomic E-state index is -0.211. The van der Waals surface area contributed by atoms with E-state index in [9.17, 15) is 4.39 Å². The van der Waals surface area contributed by atoms with Crippen LogP contribution in [0.5, 0.6) is 0 Å². The second-order valence-corrected chi connectivity index (χ2v) is 7.65. The Morgan fingerprint density at radius 2 is 1.90 bits per heavy atom. The van der Waals surface area contributed by atoms with E-state index in [1.807, 2.05) is 24.3 Å². The SMILES string of the molecule is CCCNC(c1cc(I)ccc1Br)c1cccc(Br)c1F. The lowest BCUT2D eigenvalue weighted by molar-refractivity contribution is 0.542. The highest BCUT2D eigenvalue weighted by molar-refractivity contribution is 14.1. The molecule has 0 heterocycles. The van der Waals surface area contributed by atoms with Gasteiger partial charge >= 0.3 is 0 Å². The molecule has 0 bridgehead atoms. The van der Waals surface area contributed by atoms with Crippen molar-refractivity contribution in [1.29, 1.82) is 0 Å². The Labute approximate surface area is 155 Å². The molecule has 5 heteroatoms. The first-order valence-electron chi connectivity index (χ1n) is 6.66. The monoisotopic (exact) mass is 525 g/mol. The van der Waals surface area contributed by atoms with Crippen molar-refractivity contribution in [2.24, 2.45) is 0 Å². The van der Waals surface area contributed by atoms with Crippen molar-refractivity contribution in [3.8, 4) is 0 Å². The molecule has 1 unspecified atom stereocenters. The minimum Gasteiger partial charge on any atom is -0.306 e. The average Bonchev–Trinajstić information content (AvgIpc) is 2.47. The Hall–Kier alpha value is 0.0200. The van der Waals surface area contributed by atoms with Gasteiger partial charge in [0.15, 0.2) is 0 Å². The molecule has 0 aliphatic rings. The van der Waals surface area contributed by atoms with Crippen molar-refractivity contribution in [3.05, 3.63) is 65.9 Å². The van der Waals surface area contributed by atoms with E-state index < -0.39 is 0 Å². The van der Waals surface area contributed by atoms with Gasteiger partial charge in [-0.05, 0) is 81.3 Å². The summed E-state index contributed by atoms with van der Waals surface area (Å²) in [5, 5.41) is 3.44. The van der Waals surface area contributed by atoms with Crippen molar-refractivity contribution in [2.75, 3.05) is 6.54 Å². The smallest absolute Gasteiger partial charge is 0.142 e.